The summed E-state index contributed by atoms with van der Waals surface area (Å²) in [6, 6.07) is 10.6. The third-order valence-electron chi connectivity index (χ3n) is 2.82. The monoisotopic (exact) mass is 289 g/mol. The van der Waals surface area contributed by atoms with Gasteiger partial charge in [0.05, 0.1) is 5.56 Å². The van der Waals surface area contributed by atoms with Crippen molar-refractivity contribution in [3.8, 4) is 0 Å². The zero-order chi connectivity index (χ0) is 14.5. The molecule has 1 atom stereocenters. The van der Waals surface area contributed by atoms with Crippen LogP contribution < -0.4 is 16.8 Å². The lowest BCUT2D eigenvalue weighted by Gasteiger charge is -2.11. The summed E-state index contributed by atoms with van der Waals surface area (Å²) in [5, 5.41) is 4.83. The number of carbonyl (C=O) groups excluding carboxylic acids is 2. The number of hydrogen-bond acceptors (Lipinski definition) is 4. The Bertz CT molecular complexity index is 610. The van der Waals surface area contributed by atoms with Crippen molar-refractivity contribution in [2.45, 2.75) is 12.5 Å². The van der Waals surface area contributed by atoms with Crippen molar-refractivity contribution in [3.63, 3.8) is 0 Å². The molecular formula is C14H15N3O2S. The molecule has 1 heterocycles. The molecule has 0 radical (unpaired) electrons. The Kier molecular flexibility index (Phi) is 4.49. The standard InChI is InChI=1S/C14H15N3O2S/c15-11(9-4-2-1-3-5-9)8-12(18)17-14-10(13(16)19)6-7-20-14/h1-7,11H,8,15H2,(H2,16,19)(H,17,18). The fraction of sp³-hybridized carbons (Fsp3) is 0.143. The SMILES string of the molecule is NC(=O)c1ccsc1NC(=O)CC(N)c1ccccc1. The van der Waals surface area contributed by atoms with Crippen LogP contribution in [0.25, 0.3) is 0 Å². The summed E-state index contributed by atoms with van der Waals surface area (Å²) >= 11 is 1.26. The van der Waals surface area contributed by atoms with E-state index >= 15 is 0 Å². The Balaban J connectivity index is 1.99. The zero-order valence-electron chi connectivity index (χ0n) is 10.7. The first-order valence-electron chi connectivity index (χ1n) is 6.05. The van der Waals surface area contributed by atoms with E-state index in [1.165, 1.54) is 11.3 Å². The minimum atomic E-state index is -0.561. The van der Waals surface area contributed by atoms with E-state index in [-0.39, 0.29) is 18.4 Å². The first kappa shape index (κ1) is 14.2. The van der Waals surface area contributed by atoms with Crippen molar-refractivity contribution in [1.29, 1.82) is 0 Å². The smallest absolute Gasteiger partial charge is 0.251 e. The first-order valence-corrected chi connectivity index (χ1v) is 6.93. The van der Waals surface area contributed by atoms with Crippen LogP contribution in [0, 0.1) is 0 Å². The summed E-state index contributed by atoms with van der Waals surface area (Å²) in [4.78, 5) is 23.1. The predicted molar refractivity (Wildman–Crippen MR) is 79.5 cm³/mol. The van der Waals surface area contributed by atoms with E-state index in [4.69, 9.17) is 11.5 Å². The molecular weight excluding hydrogens is 274 g/mol. The van der Waals surface area contributed by atoms with Gasteiger partial charge in [-0.05, 0) is 17.0 Å². The van der Waals surface area contributed by atoms with Gasteiger partial charge < -0.3 is 16.8 Å². The minimum absolute atomic E-state index is 0.139. The van der Waals surface area contributed by atoms with Crippen molar-refractivity contribution in [2.75, 3.05) is 5.32 Å². The maximum atomic E-state index is 11.9. The van der Waals surface area contributed by atoms with Crippen LogP contribution in [0.15, 0.2) is 41.8 Å². The van der Waals surface area contributed by atoms with E-state index < -0.39 is 5.91 Å². The highest BCUT2D eigenvalue weighted by Crippen LogP contribution is 2.23. The number of rotatable bonds is 5. The number of nitrogens with two attached hydrogens (primary N) is 2. The lowest BCUT2D eigenvalue weighted by molar-refractivity contribution is -0.116. The van der Waals surface area contributed by atoms with Gasteiger partial charge in [-0.2, -0.15) is 0 Å². The lowest BCUT2D eigenvalue weighted by Crippen LogP contribution is -2.21. The summed E-state index contributed by atoms with van der Waals surface area (Å²) in [5.74, 6) is -0.805. The number of nitrogens with one attached hydrogen (secondary N) is 1. The molecule has 1 aromatic carbocycles. The third kappa shape index (κ3) is 3.43. The van der Waals surface area contributed by atoms with Gasteiger partial charge >= 0.3 is 0 Å². The average molecular weight is 289 g/mol. The molecule has 0 bridgehead atoms. The predicted octanol–water partition coefficient (Wildman–Crippen LogP) is 1.88. The molecule has 0 fully saturated rings. The third-order valence-corrected chi connectivity index (χ3v) is 3.65. The maximum absolute atomic E-state index is 11.9. The molecule has 1 aromatic heterocycles. The molecule has 2 aromatic rings. The first-order chi connectivity index (χ1) is 9.58. The van der Waals surface area contributed by atoms with Crippen molar-refractivity contribution in [1.82, 2.24) is 0 Å². The van der Waals surface area contributed by atoms with Crippen LogP contribution in [-0.4, -0.2) is 11.8 Å². The zero-order valence-corrected chi connectivity index (χ0v) is 11.5. The lowest BCUT2D eigenvalue weighted by atomic mass is 10.0. The fourth-order valence-corrected chi connectivity index (χ4v) is 2.60. The second-order valence-corrected chi connectivity index (χ2v) is 5.21. The second-order valence-electron chi connectivity index (χ2n) is 4.30. The normalized spacial score (nSPS) is 11.8. The van der Waals surface area contributed by atoms with E-state index in [0.29, 0.717) is 10.6 Å². The number of benzene rings is 1. The number of amides is 2. The Morgan fingerprint density at radius 3 is 2.55 bits per heavy atom. The van der Waals surface area contributed by atoms with Crippen LogP contribution >= 0.6 is 11.3 Å². The van der Waals surface area contributed by atoms with E-state index in [0.717, 1.165) is 5.56 Å². The topological polar surface area (TPSA) is 98.2 Å². The van der Waals surface area contributed by atoms with Gasteiger partial charge in [0.15, 0.2) is 0 Å². The van der Waals surface area contributed by atoms with Crippen molar-refractivity contribution < 1.29 is 9.59 Å². The average Bonchev–Trinajstić information content (AvgIpc) is 2.87. The van der Waals surface area contributed by atoms with Crippen LogP contribution in [0.3, 0.4) is 0 Å². The molecule has 5 N–H and O–H groups in total. The van der Waals surface area contributed by atoms with Gasteiger partial charge in [-0.3, -0.25) is 9.59 Å². The molecule has 5 nitrogen and oxygen atoms in total. The van der Waals surface area contributed by atoms with Crippen LogP contribution in [0.5, 0.6) is 0 Å². The van der Waals surface area contributed by atoms with Gasteiger partial charge in [-0.1, -0.05) is 30.3 Å². The quantitative estimate of drug-likeness (QED) is 0.783. The molecule has 0 aliphatic carbocycles. The van der Waals surface area contributed by atoms with Gasteiger partial charge in [-0.25, -0.2) is 0 Å². The Morgan fingerprint density at radius 2 is 1.90 bits per heavy atom. The molecule has 104 valence electrons. The van der Waals surface area contributed by atoms with Crippen molar-refractivity contribution in [3.05, 3.63) is 52.9 Å². The summed E-state index contributed by atoms with van der Waals surface area (Å²) < 4.78 is 0. The number of carbonyl (C=O) groups is 2. The van der Waals surface area contributed by atoms with E-state index in [1.807, 2.05) is 30.3 Å². The molecule has 0 saturated heterocycles. The largest absolute Gasteiger partial charge is 0.366 e. The Hall–Kier alpha value is -2.18. The molecule has 0 aliphatic rings. The minimum Gasteiger partial charge on any atom is -0.366 e. The molecule has 2 amide bonds. The van der Waals surface area contributed by atoms with Crippen LogP contribution in [-0.2, 0) is 4.79 Å². The highest BCUT2D eigenvalue weighted by Gasteiger charge is 2.15. The molecule has 0 spiro atoms. The Labute approximate surface area is 120 Å². The van der Waals surface area contributed by atoms with E-state index in [1.54, 1.807) is 11.4 Å². The number of hydrogen-bond donors (Lipinski definition) is 3. The summed E-state index contributed by atoms with van der Waals surface area (Å²) in [7, 11) is 0. The van der Waals surface area contributed by atoms with Crippen LogP contribution in [0.2, 0.25) is 0 Å². The Morgan fingerprint density at radius 1 is 1.20 bits per heavy atom. The molecule has 1 unspecified atom stereocenters. The van der Waals surface area contributed by atoms with Gasteiger partial charge in [-0.15, -0.1) is 11.3 Å². The number of anilines is 1. The molecule has 0 aliphatic heterocycles. The van der Waals surface area contributed by atoms with Crippen molar-refractivity contribution >= 4 is 28.2 Å². The van der Waals surface area contributed by atoms with Crippen molar-refractivity contribution in [2.24, 2.45) is 11.5 Å². The molecule has 0 saturated carbocycles. The van der Waals surface area contributed by atoms with Gasteiger partial charge in [0.25, 0.3) is 5.91 Å². The van der Waals surface area contributed by atoms with Crippen LogP contribution in [0.1, 0.15) is 28.4 Å². The van der Waals surface area contributed by atoms with Gasteiger partial charge in [0.2, 0.25) is 5.91 Å². The number of thiophene rings is 1. The highest BCUT2D eigenvalue weighted by atomic mass is 32.1. The molecule has 2 rings (SSSR count). The number of primary amides is 1. The van der Waals surface area contributed by atoms with Gasteiger partial charge in [0, 0.05) is 12.5 Å². The van der Waals surface area contributed by atoms with Crippen LogP contribution in [0.4, 0.5) is 5.00 Å². The summed E-state index contributed by atoms with van der Waals surface area (Å²) in [6.07, 6.45) is 0.139. The van der Waals surface area contributed by atoms with E-state index in [9.17, 15) is 9.59 Å². The maximum Gasteiger partial charge on any atom is 0.251 e. The van der Waals surface area contributed by atoms with Gasteiger partial charge in [0.1, 0.15) is 5.00 Å². The molecule has 20 heavy (non-hydrogen) atoms. The fourth-order valence-electron chi connectivity index (χ4n) is 1.80. The van der Waals surface area contributed by atoms with E-state index in [2.05, 4.69) is 5.32 Å². The summed E-state index contributed by atoms with van der Waals surface area (Å²) in [6.45, 7) is 0. The molecule has 6 heteroatoms. The highest BCUT2D eigenvalue weighted by molar-refractivity contribution is 7.14. The second kappa shape index (κ2) is 6.31. The summed E-state index contributed by atoms with van der Waals surface area (Å²) in [5.41, 5.74) is 12.4.